The molecule has 0 aliphatic carbocycles. The van der Waals surface area contributed by atoms with Crippen LogP contribution in [-0.2, 0) is 7.05 Å². The van der Waals surface area contributed by atoms with Gasteiger partial charge in [0, 0.05) is 11.5 Å². The second kappa shape index (κ2) is 3.95. The van der Waals surface area contributed by atoms with Crippen molar-refractivity contribution in [2.24, 2.45) is 7.05 Å². The Balaban J connectivity index is 2.55. The van der Waals surface area contributed by atoms with Crippen molar-refractivity contribution in [1.82, 2.24) is 9.78 Å². The summed E-state index contributed by atoms with van der Waals surface area (Å²) in [7, 11) is 1.87. The number of rotatable bonds is 2. The van der Waals surface area contributed by atoms with Gasteiger partial charge in [-0.1, -0.05) is 21.9 Å². The van der Waals surface area contributed by atoms with E-state index < -0.39 is 0 Å². The summed E-state index contributed by atoms with van der Waals surface area (Å²) in [4.78, 5) is 0. The minimum absolute atomic E-state index is 0.235. The summed E-state index contributed by atoms with van der Waals surface area (Å²) < 4.78 is 8.12. The minimum Gasteiger partial charge on any atom is -0.463 e. The van der Waals surface area contributed by atoms with Gasteiger partial charge in [-0.05, 0) is 18.2 Å². The van der Waals surface area contributed by atoms with Gasteiger partial charge in [0.25, 0.3) is 0 Å². The molecule has 0 amide bonds. The molecule has 1 heterocycles. The minimum atomic E-state index is 0.235. The summed E-state index contributed by atoms with van der Waals surface area (Å²) in [5, 5.41) is 5.21. The highest BCUT2D eigenvalue weighted by Gasteiger charge is 2.09. The van der Waals surface area contributed by atoms with Crippen LogP contribution < -0.4 is 4.74 Å². The monoisotopic (exact) mass is 264 g/mol. The van der Waals surface area contributed by atoms with Crippen molar-refractivity contribution in [3.63, 3.8) is 0 Å². The molecule has 0 atom stereocenters. The third-order valence-electron chi connectivity index (χ3n) is 2.07. The molecule has 2 aromatic rings. The molecule has 1 aromatic heterocycles. The predicted molar refractivity (Wildman–Crippen MR) is 62.7 cm³/mol. The lowest BCUT2D eigenvalue weighted by atomic mass is 10.2. The van der Waals surface area contributed by atoms with E-state index in [4.69, 9.17) is 11.2 Å². The number of halogens is 1. The molecule has 0 unspecified atom stereocenters. The normalized spacial score (nSPS) is 10.2. The largest absolute Gasteiger partial charge is 0.463 e. The first-order valence-electron chi connectivity index (χ1n) is 4.41. The topological polar surface area (TPSA) is 27.1 Å². The molecular weight excluding hydrogens is 256 g/mol. The molecular formula is C11H9BrN2O. The number of aryl methyl sites for hydroxylation is 1. The summed E-state index contributed by atoms with van der Waals surface area (Å²) in [5.74, 6) is 3.00. The lowest BCUT2D eigenvalue weighted by molar-refractivity contribution is 0.354. The Morgan fingerprint density at radius 3 is 3.13 bits per heavy atom. The molecule has 4 heteroatoms. The number of benzene rings is 1. The summed E-state index contributed by atoms with van der Waals surface area (Å²) in [5.41, 5.74) is 1.02. The second-order valence-corrected chi connectivity index (χ2v) is 4.00. The van der Waals surface area contributed by atoms with Crippen LogP contribution in [0, 0.1) is 12.3 Å². The second-order valence-electron chi connectivity index (χ2n) is 3.08. The maximum atomic E-state index is 5.36. The quantitative estimate of drug-likeness (QED) is 0.779. The third kappa shape index (κ3) is 1.83. The molecule has 76 valence electrons. The van der Waals surface area contributed by atoms with Gasteiger partial charge in [-0.2, -0.15) is 0 Å². The van der Waals surface area contributed by atoms with Gasteiger partial charge in [-0.15, -0.1) is 11.5 Å². The van der Waals surface area contributed by atoms with Crippen LogP contribution in [0.1, 0.15) is 0 Å². The number of nitrogens with zero attached hydrogens (tertiary/aromatic N) is 2. The standard InChI is InChI=1S/C11H9BrN2O/c1-3-6-15-11-9-7-8(12)4-5-10(9)14(2)13-11/h1,4-5,7H,6H2,2H3. The maximum Gasteiger partial charge on any atom is 0.241 e. The highest BCUT2D eigenvalue weighted by molar-refractivity contribution is 9.10. The van der Waals surface area contributed by atoms with Crippen LogP contribution in [0.15, 0.2) is 22.7 Å². The zero-order chi connectivity index (χ0) is 10.8. The Morgan fingerprint density at radius 1 is 1.60 bits per heavy atom. The first-order chi connectivity index (χ1) is 7.22. The molecule has 0 aliphatic rings. The number of terminal acetylenes is 1. The average molecular weight is 265 g/mol. The molecule has 0 aliphatic heterocycles. The van der Waals surface area contributed by atoms with Crippen LogP contribution in [0.4, 0.5) is 0 Å². The third-order valence-corrected chi connectivity index (χ3v) is 2.56. The molecule has 0 saturated heterocycles. The summed E-state index contributed by atoms with van der Waals surface area (Å²) in [6.07, 6.45) is 5.14. The number of aromatic nitrogens is 2. The molecule has 0 spiro atoms. The van der Waals surface area contributed by atoms with Gasteiger partial charge in [0.15, 0.2) is 6.61 Å². The van der Waals surface area contributed by atoms with Crippen LogP contribution in [-0.4, -0.2) is 16.4 Å². The number of hydrogen-bond acceptors (Lipinski definition) is 2. The smallest absolute Gasteiger partial charge is 0.241 e. The van der Waals surface area contributed by atoms with Crippen LogP contribution in [0.25, 0.3) is 10.9 Å². The lowest BCUT2D eigenvalue weighted by Crippen LogP contribution is -1.95. The van der Waals surface area contributed by atoms with Crippen molar-refractivity contribution in [1.29, 1.82) is 0 Å². The Labute approximate surface area is 96.2 Å². The fraction of sp³-hybridized carbons (Fsp3) is 0.182. The molecule has 0 radical (unpaired) electrons. The van der Waals surface area contributed by atoms with Gasteiger partial charge < -0.3 is 4.74 Å². The van der Waals surface area contributed by atoms with Crippen molar-refractivity contribution in [2.75, 3.05) is 6.61 Å². The first-order valence-corrected chi connectivity index (χ1v) is 5.20. The molecule has 3 nitrogen and oxygen atoms in total. The van der Waals surface area contributed by atoms with E-state index in [0.29, 0.717) is 5.88 Å². The van der Waals surface area contributed by atoms with E-state index in [-0.39, 0.29) is 6.61 Å². The summed E-state index contributed by atoms with van der Waals surface area (Å²) in [6, 6.07) is 5.91. The fourth-order valence-electron chi connectivity index (χ4n) is 1.42. The first kappa shape index (κ1) is 10.1. The number of ether oxygens (including phenoxy) is 1. The average Bonchev–Trinajstić information content (AvgIpc) is 2.52. The van der Waals surface area contributed by atoms with Crippen LogP contribution in [0.5, 0.6) is 5.88 Å². The van der Waals surface area contributed by atoms with Gasteiger partial charge in [0.2, 0.25) is 5.88 Å². The van der Waals surface area contributed by atoms with E-state index in [1.54, 1.807) is 4.68 Å². The van der Waals surface area contributed by atoms with Crippen LogP contribution in [0.3, 0.4) is 0 Å². The fourth-order valence-corrected chi connectivity index (χ4v) is 1.78. The highest BCUT2D eigenvalue weighted by Crippen LogP contribution is 2.27. The molecule has 0 fully saturated rings. The Kier molecular flexibility index (Phi) is 2.65. The molecule has 0 bridgehead atoms. The van der Waals surface area contributed by atoms with Gasteiger partial charge in [-0.25, -0.2) is 0 Å². The molecule has 0 N–H and O–H groups in total. The van der Waals surface area contributed by atoms with E-state index >= 15 is 0 Å². The van der Waals surface area contributed by atoms with Crippen molar-refractivity contribution < 1.29 is 4.74 Å². The molecule has 15 heavy (non-hydrogen) atoms. The zero-order valence-corrected chi connectivity index (χ0v) is 9.78. The van der Waals surface area contributed by atoms with Crippen molar-refractivity contribution in [2.45, 2.75) is 0 Å². The van der Waals surface area contributed by atoms with E-state index in [1.807, 2.05) is 25.2 Å². The highest BCUT2D eigenvalue weighted by atomic mass is 79.9. The van der Waals surface area contributed by atoms with Gasteiger partial charge in [0.05, 0.1) is 10.9 Å². The Bertz CT molecular complexity index is 539. The molecule has 2 rings (SSSR count). The van der Waals surface area contributed by atoms with Gasteiger partial charge in [-0.3, -0.25) is 4.68 Å². The van der Waals surface area contributed by atoms with E-state index in [9.17, 15) is 0 Å². The van der Waals surface area contributed by atoms with Gasteiger partial charge >= 0.3 is 0 Å². The van der Waals surface area contributed by atoms with Crippen molar-refractivity contribution in [3.8, 4) is 18.2 Å². The van der Waals surface area contributed by atoms with E-state index in [0.717, 1.165) is 15.4 Å². The van der Waals surface area contributed by atoms with Crippen LogP contribution >= 0.6 is 15.9 Å². The van der Waals surface area contributed by atoms with Gasteiger partial charge in [0.1, 0.15) is 0 Å². The van der Waals surface area contributed by atoms with Crippen molar-refractivity contribution >= 4 is 26.8 Å². The Morgan fingerprint density at radius 2 is 2.40 bits per heavy atom. The zero-order valence-electron chi connectivity index (χ0n) is 8.20. The lowest BCUT2D eigenvalue weighted by Gasteiger charge is -1.97. The summed E-state index contributed by atoms with van der Waals surface area (Å²) in [6.45, 7) is 0.235. The maximum absolute atomic E-state index is 5.36. The Hall–Kier alpha value is -1.47. The number of hydrogen-bond donors (Lipinski definition) is 0. The van der Waals surface area contributed by atoms with E-state index in [2.05, 4.69) is 26.9 Å². The summed E-state index contributed by atoms with van der Waals surface area (Å²) >= 11 is 3.41. The number of fused-ring (bicyclic) bond motifs is 1. The van der Waals surface area contributed by atoms with Crippen LogP contribution in [0.2, 0.25) is 0 Å². The molecule has 0 saturated carbocycles. The van der Waals surface area contributed by atoms with E-state index in [1.165, 1.54) is 0 Å². The predicted octanol–water partition coefficient (Wildman–Crippen LogP) is 2.35. The SMILES string of the molecule is C#CCOc1nn(C)c2ccc(Br)cc12. The van der Waals surface area contributed by atoms with Crippen molar-refractivity contribution in [3.05, 3.63) is 22.7 Å². The molecule has 1 aromatic carbocycles.